The quantitative estimate of drug-likeness (QED) is 0.604. The number of nitrogens with one attached hydrogen (secondary N) is 1. The van der Waals surface area contributed by atoms with Crippen molar-refractivity contribution in [2.45, 2.75) is 13.5 Å². The van der Waals surface area contributed by atoms with E-state index in [2.05, 4.69) is 10.5 Å². The van der Waals surface area contributed by atoms with Gasteiger partial charge >= 0.3 is 0 Å². The number of hydrogen-bond donors (Lipinski definition) is 1. The Kier molecular flexibility index (Phi) is 3.82. The number of aromatic nitrogens is 1. The van der Waals surface area contributed by atoms with Gasteiger partial charge in [0.2, 0.25) is 5.76 Å². The summed E-state index contributed by atoms with van der Waals surface area (Å²) in [6.07, 6.45) is 0. The highest BCUT2D eigenvalue weighted by atomic mass is 16.5. The Balaban J connectivity index is 1.46. The lowest BCUT2D eigenvalue weighted by Crippen LogP contribution is -2.22. The first-order chi connectivity index (χ1) is 12.2. The van der Waals surface area contributed by atoms with Crippen molar-refractivity contribution < 1.29 is 13.7 Å². The van der Waals surface area contributed by atoms with Crippen molar-refractivity contribution in [1.29, 1.82) is 0 Å². The number of hydrogen-bond acceptors (Lipinski definition) is 4. The summed E-state index contributed by atoms with van der Waals surface area (Å²) in [6.45, 7) is 2.27. The highest BCUT2D eigenvalue weighted by Gasteiger charge is 2.13. The molecule has 0 radical (unpaired) electrons. The summed E-state index contributed by atoms with van der Waals surface area (Å²) in [4.78, 5) is 12.1. The molecule has 5 nitrogen and oxygen atoms in total. The molecule has 2 heterocycles. The van der Waals surface area contributed by atoms with Gasteiger partial charge in [0.25, 0.3) is 5.91 Å². The zero-order chi connectivity index (χ0) is 17.2. The lowest BCUT2D eigenvalue weighted by atomic mass is 10.1. The molecular weight excluding hydrogens is 316 g/mol. The Morgan fingerprint density at radius 2 is 1.84 bits per heavy atom. The van der Waals surface area contributed by atoms with Gasteiger partial charge in [-0.15, -0.1) is 0 Å². The molecule has 1 N–H and O–H groups in total. The standard InChI is InChI=1S/C20H16N2O3/c1-13-6-8-14(9-7-13)20(23)21-12-16-11-19(25-22-16)18-10-15-4-2-3-5-17(15)24-18/h2-11H,12H2,1H3,(H,21,23). The summed E-state index contributed by atoms with van der Waals surface area (Å²) in [5.41, 5.74) is 3.16. The van der Waals surface area contributed by atoms with Gasteiger partial charge in [-0.1, -0.05) is 41.1 Å². The van der Waals surface area contributed by atoms with Gasteiger partial charge in [-0.2, -0.15) is 0 Å². The Labute approximate surface area is 144 Å². The molecule has 25 heavy (non-hydrogen) atoms. The van der Waals surface area contributed by atoms with E-state index in [-0.39, 0.29) is 12.5 Å². The van der Waals surface area contributed by atoms with Crippen LogP contribution in [0.25, 0.3) is 22.5 Å². The lowest BCUT2D eigenvalue weighted by Gasteiger charge is -2.03. The van der Waals surface area contributed by atoms with E-state index in [0.717, 1.165) is 16.5 Å². The molecule has 0 fully saturated rings. The van der Waals surface area contributed by atoms with Crippen molar-refractivity contribution >= 4 is 16.9 Å². The molecule has 5 heteroatoms. The molecule has 4 aromatic rings. The Hall–Kier alpha value is -3.34. The second-order valence-corrected chi connectivity index (χ2v) is 5.88. The summed E-state index contributed by atoms with van der Waals surface area (Å²) >= 11 is 0. The van der Waals surface area contributed by atoms with Crippen LogP contribution in [-0.4, -0.2) is 11.1 Å². The maximum atomic E-state index is 12.1. The number of para-hydroxylation sites is 1. The van der Waals surface area contributed by atoms with Crippen molar-refractivity contribution in [3.63, 3.8) is 0 Å². The summed E-state index contributed by atoms with van der Waals surface area (Å²) in [5.74, 6) is 1.01. The minimum absolute atomic E-state index is 0.145. The van der Waals surface area contributed by atoms with E-state index >= 15 is 0 Å². The van der Waals surface area contributed by atoms with Crippen molar-refractivity contribution in [1.82, 2.24) is 10.5 Å². The van der Waals surface area contributed by atoms with E-state index in [4.69, 9.17) is 8.94 Å². The normalized spacial score (nSPS) is 10.9. The first kappa shape index (κ1) is 15.2. The fourth-order valence-electron chi connectivity index (χ4n) is 2.59. The van der Waals surface area contributed by atoms with Crippen molar-refractivity contribution in [2.75, 3.05) is 0 Å². The van der Waals surface area contributed by atoms with Crippen LogP contribution in [0.1, 0.15) is 21.6 Å². The number of nitrogens with zero attached hydrogens (tertiary/aromatic N) is 1. The highest BCUT2D eigenvalue weighted by molar-refractivity contribution is 5.94. The molecule has 2 aromatic heterocycles. The molecule has 4 rings (SSSR count). The lowest BCUT2D eigenvalue weighted by molar-refractivity contribution is 0.0950. The largest absolute Gasteiger partial charge is 0.453 e. The molecule has 0 aliphatic heterocycles. The van der Waals surface area contributed by atoms with Gasteiger partial charge in [0, 0.05) is 17.0 Å². The molecule has 0 aliphatic rings. The van der Waals surface area contributed by atoms with Gasteiger partial charge in [-0.05, 0) is 31.2 Å². The van der Waals surface area contributed by atoms with E-state index in [1.54, 1.807) is 18.2 Å². The molecular formula is C20H16N2O3. The summed E-state index contributed by atoms with van der Waals surface area (Å²) < 4.78 is 11.1. The Morgan fingerprint density at radius 1 is 1.04 bits per heavy atom. The van der Waals surface area contributed by atoms with E-state index < -0.39 is 0 Å². The van der Waals surface area contributed by atoms with Gasteiger partial charge in [-0.3, -0.25) is 4.79 Å². The Bertz CT molecular complexity index is 995. The molecule has 0 saturated carbocycles. The minimum atomic E-state index is -0.145. The minimum Gasteiger partial charge on any atom is -0.453 e. The smallest absolute Gasteiger partial charge is 0.251 e. The third-order valence-corrected chi connectivity index (χ3v) is 3.97. The number of carbonyl (C=O) groups excluding carboxylic acids is 1. The maximum Gasteiger partial charge on any atom is 0.251 e. The molecule has 0 aliphatic carbocycles. The van der Waals surface area contributed by atoms with E-state index in [1.165, 1.54) is 0 Å². The van der Waals surface area contributed by atoms with Crippen LogP contribution in [0.4, 0.5) is 0 Å². The van der Waals surface area contributed by atoms with Gasteiger partial charge in [-0.25, -0.2) is 0 Å². The number of amides is 1. The third kappa shape index (κ3) is 3.17. The topological polar surface area (TPSA) is 68.3 Å². The van der Waals surface area contributed by atoms with Gasteiger partial charge < -0.3 is 14.3 Å². The van der Waals surface area contributed by atoms with Crippen molar-refractivity contribution in [3.8, 4) is 11.5 Å². The van der Waals surface area contributed by atoms with Crippen LogP contribution in [0, 0.1) is 6.92 Å². The number of aryl methyl sites for hydroxylation is 1. The molecule has 0 atom stereocenters. The number of furan rings is 1. The number of benzene rings is 2. The van der Waals surface area contributed by atoms with E-state index in [0.29, 0.717) is 22.8 Å². The number of carbonyl (C=O) groups is 1. The van der Waals surface area contributed by atoms with Crippen LogP contribution < -0.4 is 5.32 Å². The second-order valence-electron chi connectivity index (χ2n) is 5.88. The first-order valence-electron chi connectivity index (χ1n) is 7.98. The highest BCUT2D eigenvalue weighted by Crippen LogP contribution is 2.28. The van der Waals surface area contributed by atoms with Crippen molar-refractivity contribution in [3.05, 3.63) is 77.5 Å². The SMILES string of the molecule is Cc1ccc(C(=O)NCc2cc(-c3cc4ccccc4o3)on2)cc1. The van der Waals surface area contributed by atoms with Crippen LogP contribution >= 0.6 is 0 Å². The molecule has 2 aromatic carbocycles. The maximum absolute atomic E-state index is 12.1. The van der Waals surface area contributed by atoms with Crippen molar-refractivity contribution in [2.24, 2.45) is 0 Å². The Morgan fingerprint density at radius 3 is 2.64 bits per heavy atom. The second kappa shape index (κ2) is 6.28. The summed E-state index contributed by atoms with van der Waals surface area (Å²) in [7, 11) is 0. The average molecular weight is 332 g/mol. The fourth-order valence-corrected chi connectivity index (χ4v) is 2.59. The third-order valence-electron chi connectivity index (χ3n) is 3.97. The molecule has 0 unspecified atom stereocenters. The van der Waals surface area contributed by atoms with Gasteiger partial charge in [0.1, 0.15) is 11.3 Å². The molecule has 124 valence electrons. The predicted octanol–water partition coefficient (Wildman–Crippen LogP) is 4.33. The zero-order valence-corrected chi connectivity index (χ0v) is 13.7. The molecule has 0 bridgehead atoms. The monoisotopic (exact) mass is 332 g/mol. The van der Waals surface area contributed by atoms with Gasteiger partial charge in [0.05, 0.1) is 6.54 Å². The summed E-state index contributed by atoms with van der Waals surface area (Å²) in [6, 6.07) is 18.8. The van der Waals surface area contributed by atoms with Crippen LogP contribution in [0.2, 0.25) is 0 Å². The first-order valence-corrected chi connectivity index (χ1v) is 7.98. The predicted molar refractivity (Wildman–Crippen MR) is 94.1 cm³/mol. The van der Waals surface area contributed by atoms with Crippen LogP contribution in [-0.2, 0) is 6.54 Å². The van der Waals surface area contributed by atoms with Crippen LogP contribution in [0.5, 0.6) is 0 Å². The van der Waals surface area contributed by atoms with E-state index in [1.807, 2.05) is 49.4 Å². The van der Waals surface area contributed by atoms with Gasteiger partial charge in [0.15, 0.2) is 5.76 Å². The average Bonchev–Trinajstić information content (AvgIpc) is 3.26. The van der Waals surface area contributed by atoms with E-state index in [9.17, 15) is 4.79 Å². The summed E-state index contributed by atoms with van der Waals surface area (Å²) in [5, 5.41) is 7.83. The molecule has 1 amide bonds. The van der Waals surface area contributed by atoms with Crippen LogP contribution in [0.3, 0.4) is 0 Å². The molecule has 0 spiro atoms. The zero-order valence-electron chi connectivity index (χ0n) is 13.7. The number of fused-ring (bicyclic) bond motifs is 1. The fraction of sp³-hybridized carbons (Fsp3) is 0.100. The van der Waals surface area contributed by atoms with Crippen LogP contribution in [0.15, 0.2) is 69.6 Å². The molecule has 0 saturated heterocycles. The number of rotatable bonds is 4.